The molecule has 5 heavy (non-hydrogen) atoms. The van der Waals surface area contributed by atoms with Gasteiger partial charge in [0.1, 0.15) is 0 Å². The van der Waals surface area contributed by atoms with Gasteiger partial charge in [-0.25, -0.2) is 0 Å². The maximum Gasteiger partial charge on any atom is 4.00 e. The van der Waals surface area contributed by atoms with Crippen LogP contribution in [0.4, 0.5) is 0 Å². The first kappa shape index (κ1) is 375. The van der Waals surface area contributed by atoms with Crippen molar-refractivity contribution in [2.75, 3.05) is 0 Å². The fourth-order valence-electron chi connectivity index (χ4n) is 0. The van der Waals surface area contributed by atoms with Crippen LogP contribution < -0.4 is 0 Å². The van der Waals surface area contributed by atoms with Gasteiger partial charge in [0.2, 0.25) is 0 Å². The van der Waals surface area contributed by atoms with Crippen LogP contribution in [0.15, 0.2) is 0 Å². The molecular formula is H4O4Ti. The van der Waals surface area contributed by atoms with Crippen LogP contribution >= 0.6 is 0 Å². The second-order valence-corrected chi connectivity index (χ2v) is 0. The summed E-state index contributed by atoms with van der Waals surface area (Å²) in [4.78, 5) is 0. The van der Waals surface area contributed by atoms with Crippen LogP contribution in [0.2, 0.25) is 0 Å². The van der Waals surface area contributed by atoms with Crippen LogP contribution in [0, 0.1) is 0 Å². The Morgan fingerprint density at radius 2 is 0.600 bits per heavy atom. The van der Waals surface area contributed by atoms with Gasteiger partial charge in [-0.3, -0.25) is 0 Å². The van der Waals surface area contributed by atoms with E-state index in [9.17, 15) is 0 Å². The van der Waals surface area contributed by atoms with E-state index in [0.29, 0.717) is 0 Å². The van der Waals surface area contributed by atoms with Gasteiger partial charge in [-0.05, 0) is 0 Å². The summed E-state index contributed by atoms with van der Waals surface area (Å²) in [6.07, 6.45) is 0. The van der Waals surface area contributed by atoms with Crippen LogP contribution in [-0.4, -0.2) is 11.0 Å². The Hall–Kier alpha value is 0.554. The maximum atomic E-state index is 0. The summed E-state index contributed by atoms with van der Waals surface area (Å²) in [5.41, 5.74) is 0. The molecule has 0 rings (SSSR count). The molecule has 4 nitrogen and oxygen atoms in total. The van der Waals surface area contributed by atoms with E-state index in [0.717, 1.165) is 0 Å². The molecule has 0 bridgehead atoms. The zero-order valence-corrected chi connectivity index (χ0v) is 3.88. The zero-order chi connectivity index (χ0) is 0. The van der Waals surface area contributed by atoms with Crippen molar-refractivity contribution in [2.24, 2.45) is 0 Å². The van der Waals surface area contributed by atoms with Crippen molar-refractivity contribution in [1.82, 2.24) is 0 Å². The molecule has 0 saturated heterocycles. The Morgan fingerprint density at radius 1 is 0.600 bits per heavy atom. The second-order valence-electron chi connectivity index (χ2n) is 0. The summed E-state index contributed by atoms with van der Waals surface area (Å²) in [6, 6.07) is 0. The van der Waals surface area contributed by atoms with Crippen molar-refractivity contribution in [3.05, 3.63) is 0 Å². The van der Waals surface area contributed by atoms with Crippen molar-refractivity contribution >= 4 is 0 Å². The van der Waals surface area contributed by atoms with Crippen molar-refractivity contribution in [3.63, 3.8) is 0 Å². The van der Waals surface area contributed by atoms with Crippen molar-refractivity contribution < 1.29 is 43.6 Å². The van der Waals surface area contributed by atoms with E-state index in [1.807, 2.05) is 0 Å². The third kappa shape index (κ3) is 96.7. The van der Waals surface area contributed by atoms with E-state index in [2.05, 4.69) is 0 Å². The minimum absolute atomic E-state index is 0. The van der Waals surface area contributed by atoms with E-state index in [1.54, 1.807) is 0 Å². The van der Waals surface area contributed by atoms with Crippen molar-refractivity contribution in [3.8, 4) is 0 Å². The van der Waals surface area contributed by atoms with Gasteiger partial charge in [0.05, 0.1) is 0 Å². The van der Waals surface area contributed by atoms with E-state index in [-0.39, 0.29) is 43.6 Å². The second kappa shape index (κ2) is 187. The molecule has 0 aliphatic rings. The summed E-state index contributed by atoms with van der Waals surface area (Å²) in [5, 5.41) is 0. The van der Waals surface area contributed by atoms with Gasteiger partial charge in [-0.15, -0.1) is 0 Å². The van der Waals surface area contributed by atoms with Crippen LogP contribution in [-0.2, 0) is 32.7 Å². The van der Waals surface area contributed by atoms with E-state index < -0.39 is 0 Å². The average Bonchev–Trinajstić information content (AvgIpc) is 0. The van der Waals surface area contributed by atoms with Gasteiger partial charge >= 0.3 is 21.7 Å². The Bertz CT molecular complexity index is 3.61. The molecule has 0 heterocycles. The number of rotatable bonds is 0. The average molecular weight is 116 g/mol. The predicted molar refractivity (Wildman–Crippen MR) is 8.60 cm³/mol. The minimum atomic E-state index is 0. The molecule has 0 fully saturated rings. The van der Waals surface area contributed by atoms with Crippen molar-refractivity contribution in [1.29, 1.82) is 0 Å². The number of hydrogen-bond donors (Lipinski definition) is 0. The molecule has 0 aromatic heterocycles. The van der Waals surface area contributed by atoms with Gasteiger partial charge in [-0.1, -0.05) is 0 Å². The Morgan fingerprint density at radius 3 is 0.600 bits per heavy atom. The monoisotopic (exact) mass is 116 g/mol. The normalized spacial score (nSPS) is 0. The quantitative estimate of drug-likeness (QED) is 0.328. The fourth-order valence-corrected chi connectivity index (χ4v) is 0. The summed E-state index contributed by atoms with van der Waals surface area (Å²) in [6.45, 7) is 0. The molecule has 0 aromatic carbocycles. The molecule has 0 saturated carbocycles. The SMILES string of the molecule is O.O.[O-2].[O-2].[Ti+4]. The number of hydrogen-bond acceptors (Lipinski definition) is 0. The molecule has 32 valence electrons. The molecule has 4 N–H and O–H groups in total. The Labute approximate surface area is 44.3 Å². The first-order valence-electron chi connectivity index (χ1n) is 0. The molecule has 0 aliphatic heterocycles. The van der Waals surface area contributed by atoms with Crippen LogP contribution in [0.1, 0.15) is 0 Å². The van der Waals surface area contributed by atoms with E-state index in [4.69, 9.17) is 0 Å². The van der Waals surface area contributed by atoms with Crippen LogP contribution in [0.25, 0.3) is 0 Å². The van der Waals surface area contributed by atoms with Gasteiger partial charge in [0.25, 0.3) is 0 Å². The predicted octanol–water partition coefficient (Wildman–Crippen LogP) is -1.89. The van der Waals surface area contributed by atoms with Crippen LogP contribution in [0.3, 0.4) is 0 Å². The Balaban J connectivity index is 0. The zero-order valence-electron chi connectivity index (χ0n) is 2.32. The molecule has 0 spiro atoms. The molecule has 0 aromatic rings. The molecule has 0 unspecified atom stereocenters. The molecule has 0 atom stereocenters. The molecule has 0 amide bonds. The third-order valence-corrected chi connectivity index (χ3v) is 0. The summed E-state index contributed by atoms with van der Waals surface area (Å²) >= 11 is 0. The standard InChI is InChI=1S/2H2O.2O.Ti/h2*1H2;;;/q;;2*-2;+4. The van der Waals surface area contributed by atoms with Crippen LogP contribution in [0.5, 0.6) is 0 Å². The topological polar surface area (TPSA) is 120 Å². The smallest absolute Gasteiger partial charge is 2.00 e. The van der Waals surface area contributed by atoms with Gasteiger partial charge < -0.3 is 21.9 Å². The molecule has 0 aliphatic carbocycles. The Kier molecular flexibility index (Phi) is 14000. The fraction of sp³-hybridized carbons (Fsp3) is 0. The largest absolute Gasteiger partial charge is 4.00 e. The van der Waals surface area contributed by atoms with Gasteiger partial charge in [0.15, 0.2) is 0 Å². The van der Waals surface area contributed by atoms with E-state index in [1.165, 1.54) is 0 Å². The summed E-state index contributed by atoms with van der Waals surface area (Å²) < 4.78 is 0. The van der Waals surface area contributed by atoms with E-state index >= 15 is 0 Å². The summed E-state index contributed by atoms with van der Waals surface area (Å²) in [5.74, 6) is 0. The molecule has 5 heteroatoms. The molecule has 0 radical (unpaired) electrons. The maximum absolute atomic E-state index is 0. The first-order chi connectivity index (χ1) is 0. The first-order valence-corrected chi connectivity index (χ1v) is 0. The van der Waals surface area contributed by atoms with Gasteiger partial charge in [-0.2, -0.15) is 0 Å². The third-order valence-electron chi connectivity index (χ3n) is 0. The minimum Gasteiger partial charge on any atom is -2.00 e. The van der Waals surface area contributed by atoms with Crippen molar-refractivity contribution in [2.45, 2.75) is 0 Å². The molecular weight excluding hydrogens is 112 g/mol. The summed E-state index contributed by atoms with van der Waals surface area (Å²) in [7, 11) is 0. The van der Waals surface area contributed by atoms with Gasteiger partial charge in [0, 0.05) is 0 Å².